The van der Waals surface area contributed by atoms with Crippen molar-refractivity contribution in [3.05, 3.63) is 21.3 Å². The summed E-state index contributed by atoms with van der Waals surface area (Å²) in [5.41, 5.74) is 5.27. The predicted octanol–water partition coefficient (Wildman–Crippen LogP) is 1.22. The Bertz CT molecular complexity index is 315. The monoisotopic (exact) mass is 240 g/mol. The summed E-state index contributed by atoms with van der Waals surface area (Å²) in [4.78, 5) is 9.72. The molecule has 0 radical (unpaired) electrons. The van der Waals surface area contributed by atoms with Crippen LogP contribution in [0.1, 0.15) is 6.42 Å². The molecule has 0 aliphatic carbocycles. The van der Waals surface area contributed by atoms with Crippen molar-refractivity contribution in [3.8, 4) is 0 Å². The summed E-state index contributed by atoms with van der Waals surface area (Å²) in [5, 5.41) is 14.1. The normalized spacial score (nSPS) is 9.57. The van der Waals surface area contributed by atoms with Crippen LogP contribution < -0.4 is 5.73 Å². The molecule has 1 aromatic heterocycles. The molecule has 14 heavy (non-hydrogen) atoms. The largest absolute Gasteiger partial charge is 0.408 e. The lowest BCUT2D eigenvalue weighted by atomic mass is 10.4. The first-order valence-electron chi connectivity index (χ1n) is 3.72. The molecule has 1 heterocycles. The van der Waals surface area contributed by atoms with E-state index in [-0.39, 0.29) is 23.2 Å². The average Bonchev–Trinajstić information content (AvgIpc) is 2.43. The van der Waals surface area contributed by atoms with Gasteiger partial charge in [-0.3, -0.25) is 0 Å². The van der Waals surface area contributed by atoms with Crippen molar-refractivity contribution in [2.75, 3.05) is 6.54 Å². The molecular formula is C6H10Cl2N4O2. The minimum atomic E-state index is -0.610. The maximum absolute atomic E-state index is 10.3. The first-order valence-corrected chi connectivity index (χ1v) is 4.10. The lowest BCUT2D eigenvalue weighted by molar-refractivity contribution is -0.389. The van der Waals surface area contributed by atoms with Gasteiger partial charge in [0.15, 0.2) is 5.02 Å². The van der Waals surface area contributed by atoms with E-state index in [4.69, 9.17) is 17.3 Å². The number of hydrogen-bond acceptors (Lipinski definition) is 4. The van der Waals surface area contributed by atoms with Crippen molar-refractivity contribution in [2.45, 2.75) is 13.0 Å². The van der Waals surface area contributed by atoms with Gasteiger partial charge in [-0.15, -0.1) is 12.4 Å². The molecule has 6 nitrogen and oxygen atoms in total. The quantitative estimate of drug-likeness (QED) is 0.634. The third-order valence-corrected chi connectivity index (χ3v) is 1.73. The van der Waals surface area contributed by atoms with E-state index in [1.54, 1.807) is 0 Å². The molecule has 1 rings (SSSR count). The molecule has 80 valence electrons. The summed E-state index contributed by atoms with van der Waals surface area (Å²) >= 11 is 5.56. The summed E-state index contributed by atoms with van der Waals surface area (Å²) in [6.45, 7) is 1.06. The maximum atomic E-state index is 10.3. The van der Waals surface area contributed by atoms with Gasteiger partial charge in [0.2, 0.25) is 0 Å². The van der Waals surface area contributed by atoms with Crippen molar-refractivity contribution in [3.63, 3.8) is 0 Å². The molecule has 0 aliphatic rings. The fourth-order valence-electron chi connectivity index (χ4n) is 0.878. The van der Waals surface area contributed by atoms with Crippen LogP contribution in [-0.2, 0) is 6.54 Å². The molecule has 0 fully saturated rings. The van der Waals surface area contributed by atoms with E-state index in [0.717, 1.165) is 6.42 Å². The third kappa shape index (κ3) is 3.13. The van der Waals surface area contributed by atoms with Gasteiger partial charge in [0.1, 0.15) is 0 Å². The van der Waals surface area contributed by atoms with Crippen molar-refractivity contribution in [2.24, 2.45) is 5.73 Å². The van der Waals surface area contributed by atoms with Gasteiger partial charge in [-0.05, 0) is 17.9 Å². The molecular weight excluding hydrogens is 231 g/mol. The Balaban J connectivity index is 0.00000169. The van der Waals surface area contributed by atoms with Crippen LogP contribution in [0.2, 0.25) is 5.02 Å². The molecule has 0 unspecified atom stereocenters. The van der Waals surface area contributed by atoms with Gasteiger partial charge in [0.05, 0.1) is 17.8 Å². The van der Waals surface area contributed by atoms with Gasteiger partial charge in [0, 0.05) is 0 Å². The van der Waals surface area contributed by atoms with E-state index in [0.29, 0.717) is 13.1 Å². The molecule has 8 heteroatoms. The van der Waals surface area contributed by atoms with Gasteiger partial charge in [0.25, 0.3) is 0 Å². The minimum Gasteiger partial charge on any atom is -0.358 e. The molecule has 0 bridgehead atoms. The van der Waals surface area contributed by atoms with E-state index >= 15 is 0 Å². The zero-order chi connectivity index (χ0) is 9.84. The fraction of sp³-hybridized carbons (Fsp3) is 0.500. The number of hydrogen-bond donors (Lipinski definition) is 1. The topological polar surface area (TPSA) is 87.0 Å². The number of nitrogens with two attached hydrogens (primary N) is 1. The number of rotatable bonds is 4. The van der Waals surface area contributed by atoms with E-state index in [1.165, 1.54) is 10.9 Å². The number of aromatic nitrogens is 2. The Morgan fingerprint density at radius 2 is 2.36 bits per heavy atom. The zero-order valence-electron chi connectivity index (χ0n) is 7.22. The standard InChI is InChI=1S/C6H9ClN4O2.ClH/c7-5-4-10(3-1-2-8)9-6(5)11(12)13;/h4H,1-3,8H2;1H. The van der Waals surface area contributed by atoms with E-state index < -0.39 is 4.92 Å². The molecule has 0 saturated carbocycles. The lowest BCUT2D eigenvalue weighted by Gasteiger charge is -1.91. The highest BCUT2D eigenvalue weighted by Gasteiger charge is 2.18. The van der Waals surface area contributed by atoms with Crippen LogP contribution >= 0.6 is 24.0 Å². The number of aryl methyl sites for hydroxylation is 1. The maximum Gasteiger partial charge on any atom is 0.408 e. The molecule has 0 atom stereocenters. The highest BCUT2D eigenvalue weighted by molar-refractivity contribution is 6.32. The number of nitrogens with zero attached hydrogens (tertiary/aromatic N) is 3. The van der Waals surface area contributed by atoms with Crippen molar-refractivity contribution < 1.29 is 4.92 Å². The van der Waals surface area contributed by atoms with Crippen molar-refractivity contribution in [1.82, 2.24) is 9.78 Å². The van der Waals surface area contributed by atoms with Crippen LogP contribution in [-0.4, -0.2) is 21.2 Å². The Labute approximate surface area is 91.6 Å². The summed E-state index contributed by atoms with van der Waals surface area (Å²) < 4.78 is 1.42. The first kappa shape index (κ1) is 13.2. The number of halogens is 2. The Morgan fingerprint density at radius 1 is 1.71 bits per heavy atom. The molecule has 0 aliphatic heterocycles. The fourth-order valence-corrected chi connectivity index (χ4v) is 1.10. The molecule has 0 spiro atoms. The molecule has 0 saturated heterocycles. The van der Waals surface area contributed by atoms with Crippen molar-refractivity contribution >= 4 is 29.8 Å². The smallest absolute Gasteiger partial charge is 0.358 e. The molecule has 2 N–H and O–H groups in total. The van der Waals surface area contributed by atoms with Crippen LogP contribution in [0.15, 0.2) is 6.20 Å². The van der Waals surface area contributed by atoms with Gasteiger partial charge in [-0.2, -0.15) is 4.68 Å². The predicted molar refractivity (Wildman–Crippen MR) is 54.8 cm³/mol. The SMILES string of the molecule is Cl.NCCCn1cc(Cl)c([N+](=O)[O-])n1. The zero-order valence-corrected chi connectivity index (χ0v) is 8.79. The summed E-state index contributed by atoms with van der Waals surface area (Å²) in [6, 6.07) is 0. The van der Waals surface area contributed by atoms with Gasteiger partial charge in [-0.1, -0.05) is 11.6 Å². The second-order valence-corrected chi connectivity index (χ2v) is 2.87. The van der Waals surface area contributed by atoms with Crippen LogP contribution in [0.25, 0.3) is 0 Å². The lowest BCUT2D eigenvalue weighted by Crippen LogP contribution is -2.06. The summed E-state index contributed by atoms with van der Waals surface area (Å²) in [5.74, 6) is -0.307. The molecule has 0 aromatic carbocycles. The van der Waals surface area contributed by atoms with E-state index in [2.05, 4.69) is 5.10 Å². The highest BCUT2D eigenvalue weighted by atomic mass is 35.5. The van der Waals surface area contributed by atoms with Crippen molar-refractivity contribution in [1.29, 1.82) is 0 Å². The third-order valence-electron chi connectivity index (χ3n) is 1.46. The minimum absolute atomic E-state index is 0. The van der Waals surface area contributed by atoms with Crippen LogP contribution in [0.5, 0.6) is 0 Å². The average molecular weight is 241 g/mol. The van der Waals surface area contributed by atoms with E-state index in [9.17, 15) is 10.1 Å². The number of nitro groups is 1. The van der Waals surface area contributed by atoms with Crippen LogP contribution in [0.3, 0.4) is 0 Å². The summed E-state index contributed by atoms with van der Waals surface area (Å²) in [7, 11) is 0. The second-order valence-electron chi connectivity index (χ2n) is 2.46. The second kappa shape index (κ2) is 5.79. The van der Waals surface area contributed by atoms with E-state index in [1.807, 2.05) is 0 Å². The van der Waals surface area contributed by atoms with Crippen LogP contribution in [0.4, 0.5) is 5.82 Å². The molecule has 0 amide bonds. The first-order chi connectivity index (χ1) is 6.15. The Morgan fingerprint density at radius 3 is 2.79 bits per heavy atom. The van der Waals surface area contributed by atoms with Gasteiger partial charge in [-0.25, -0.2) is 0 Å². The van der Waals surface area contributed by atoms with Gasteiger partial charge >= 0.3 is 5.82 Å². The highest BCUT2D eigenvalue weighted by Crippen LogP contribution is 2.21. The molecule has 1 aromatic rings. The Hall–Kier alpha value is -0.850. The Kier molecular flexibility index (Phi) is 5.44. The van der Waals surface area contributed by atoms with Gasteiger partial charge < -0.3 is 15.8 Å². The van der Waals surface area contributed by atoms with Crippen LogP contribution in [0, 0.1) is 10.1 Å². The summed E-state index contributed by atoms with van der Waals surface area (Å²) in [6.07, 6.45) is 2.14.